The number of ether oxygens (including phenoxy) is 3. The summed E-state index contributed by atoms with van der Waals surface area (Å²) in [6.45, 7) is 2.65. The van der Waals surface area contributed by atoms with Gasteiger partial charge >= 0.3 is 0 Å². The third kappa shape index (κ3) is 5.91. The van der Waals surface area contributed by atoms with Gasteiger partial charge in [0.15, 0.2) is 0 Å². The quantitative estimate of drug-likeness (QED) is 0.156. The second kappa shape index (κ2) is 13.7. The Labute approximate surface area is 287 Å². The van der Waals surface area contributed by atoms with Crippen LogP contribution >= 0.6 is 0 Å². The molecule has 5 heterocycles. The van der Waals surface area contributed by atoms with Crippen LogP contribution < -0.4 is 20.3 Å². The number of likely N-dealkylation sites (N-methyl/N-ethyl adjacent to an activating group) is 1. The molecule has 260 valence electrons. The number of hydrogen-bond acceptors (Lipinski definition) is 8. The Morgan fingerprint density at radius 2 is 1.94 bits per heavy atom. The average molecular weight is 685 g/mol. The molecule has 1 atom stereocenters. The van der Waals surface area contributed by atoms with Crippen molar-refractivity contribution in [2.75, 3.05) is 57.8 Å². The van der Waals surface area contributed by atoms with Crippen molar-refractivity contribution >= 4 is 39.6 Å². The average Bonchev–Trinajstić information content (AvgIpc) is 3.84. The van der Waals surface area contributed by atoms with Gasteiger partial charge in [0.2, 0.25) is 11.7 Å². The van der Waals surface area contributed by atoms with Gasteiger partial charge in [-0.2, -0.15) is 0 Å². The molecule has 11 nitrogen and oxygen atoms in total. The van der Waals surface area contributed by atoms with Crippen LogP contribution in [0.2, 0.25) is 0 Å². The van der Waals surface area contributed by atoms with E-state index in [1.807, 2.05) is 36.9 Å². The van der Waals surface area contributed by atoms with Crippen LogP contribution in [-0.4, -0.2) is 79.3 Å². The van der Waals surface area contributed by atoms with E-state index in [4.69, 9.17) is 19.2 Å². The predicted octanol–water partition coefficient (Wildman–Crippen LogP) is 5.02. The summed E-state index contributed by atoms with van der Waals surface area (Å²) < 4.78 is 51.0. The van der Waals surface area contributed by atoms with Crippen LogP contribution in [0.1, 0.15) is 33.9 Å². The van der Waals surface area contributed by atoms with Crippen LogP contribution in [-0.2, 0) is 34.3 Å². The van der Waals surface area contributed by atoms with E-state index in [-0.39, 0.29) is 17.3 Å². The van der Waals surface area contributed by atoms with Gasteiger partial charge in [0.05, 0.1) is 41.7 Å². The zero-order chi connectivity index (χ0) is 35.1. The summed E-state index contributed by atoms with van der Waals surface area (Å²) in [6.07, 6.45) is 6.03. The van der Waals surface area contributed by atoms with E-state index in [9.17, 15) is 9.59 Å². The Morgan fingerprint density at radius 1 is 1.14 bits per heavy atom. The second-order valence-electron chi connectivity index (χ2n) is 12.6. The lowest BCUT2D eigenvalue weighted by atomic mass is 9.96. The number of pyridine rings is 1. The molecule has 50 heavy (non-hydrogen) atoms. The molecule has 5 aromatic rings. The van der Waals surface area contributed by atoms with E-state index in [1.165, 1.54) is 6.08 Å². The number of fused-ring (bicyclic) bond motifs is 4. The van der Waals surface area contributed by atoms with Crippen molar-refractivity contribution in [1.82, 2.24) is 19.3 Å². The lowest BCUT2D eigenvalue weighted by Crippen LogP contribution is -2.29. The SMILES string of the molecule is COCc1nc2c3c(c(OC)cc2n1C)-c1cccn2c(C(=O)c4cc(F)c(NC(=O)/C=C/CN[C@H]5CCOC5)c(F)c4)cc(c12)CCN3C. The number of benzene rings is 2. The van der Waals surface area contributed by atoms with Crippen molar-refractivity contribution in [2.45, 2.75) is 25.5 Å². The molecule has 2 aliphatic heterocycles. The fourth-order valence-corrected chi connectivity index (χ4v) is 6.92. The number of nitrogens with one attached hydrogen (secondary N) is 2. The third-order valence-electron chi connectivity index (χ3n) is 9.45. The largest absolute Gasteiger partial charge is 0.496 e. The standard InChI is InChI=1S/C37H38F2N6O5/c1-43-13-9-21-17-28(37(47)22-15-25(38)33(26(39)16-22)42-31(46)8-5-11-40-23-10-14-50-19-23)45-12-6-7-24(35(21)45)32-29(49-4)18-27-34(36(32)43)41-30(20-48-3)44(27)2/h5-8,12,15-18,23,40H,9-11,13-14,19-20H2,1-4H3,(H,42,46)/b8-5+/t23-/m0/s1. The number of aromatic nitrogens is 3. The van der Waals surface area contributed by atoms with Gasteiger partial charge in [-0.15, -0.1) is 0 Å². The van der Waals surface area contributed by atoms with Gasteiger partial charge in [-0.3, -0.25) is 9.59 Å². The van der Waals surface area contributed by atoms with Crippen LogP contribution in [0.5, 0.6) is 5.75 Å². The molecule has 2 N–H and O–H groups in total. The maximum Gasteiger partial charge on any atom is 0.248 e. The molecule has 1 saturated heterocycles. The predicted molar refractivity (Wildman–Crippen MR) is 186 cm³/mol. The number of carbonyl (C=O) groups is 2. The molecule has 2 aliphatic rings. The van der Waals surface area contributed by atoms with Crippen molar-refractivity contribution < 1.29 is 32.6 Å². The number of hydrogen-bond donors (Lipinski definition) is 2. The van der Waals surface area contributed by atoms with E-state index in [2.05, 4.69) is 15.5 Å². The van der Waals surface area contributed by atoms with Gasteiger partial charge < -0.3 is 38.7 Å². The van der Waals surface area contributed by atoms with Gasteiger partial charge in [0, 0.05) is 76.4 Å². The molecular formula is C37H38F2N6O5. The molecular weight excluding hydrogens is 646 g/mol. The first-order valence-electron chi connectivity index (χ1n) is 16.4. The zero-order valence-corrected chi connectivity index (χ0v) is 28.3. The number of anilines is 2. The first kappa shape index (κ1) is 33.4. The van der Waals surface area contributed by atoms with Crippen molar-refractivity contribution in [3.05, 3.63) is 89.0 Å². The summed E-state index contributed by atoms with van der Waals surface area (Å²) in [5.41, 5.74) is 5.38. The first-order chi connectivity index (χ1) is 24.2. The highest BCUT2D eigenvalue weighted by Gasteiger charge is 2.29. The number of methoxy groups -OCH3 is 2. The number of rotatable bonds is 10. The highest BCUT2D eigenvalue weighted by atomic mass is 19.1. The monoisotopic (exact) mass is 684 g/mol. The van der Waals surface area contributed by atoms with Gasteiger partial charge in [0.1, 0.15) is 41.0 Å². The van der Waals surface area contributed by atoms with E-state index < -0.39 is 29.0 Å². The molecule has 7 rings (SSSR count). The summed E-state index contributed by atoms with van der Waals surface area (Å²) in [5.74, 6) is -1.95. The molecule has 0 bridgehead atoms. The molecule has 0 unspecified atom stereocenters. The van der Waals surface area contributed by atoms with E-state index in [0.29, 0.717) is 45.1 Å². The molecule has 0 saturated carbocycles. The summed E-state index contributed by atoms with van der Waals surface area (Å²) in [6, 6.07) is 9.66. The van der Waals surface area contributed by atoms with Crippen molar-refractivity contribution in [1.29, 1.82) is 0 Å². The van der Waals surface area contributed by atoms with Crippen LogP contribution in [0, 0.1) is 11.6 Å². The van der Waals surface area contributed by atoms with Crippen LogP contribution in [0.25, 0.3) is 27.7 Å². The van der Waals surface area contributed by atoms with Crippen LogP contribution in [0.15, 0.2) is 54.7 Å². The highest BCUT2D eigenvalue weighted by molar-refractivity contribution is 6.11. The number of ketones is 1. The number of imidazole rings is 1. The highest BCUT2D eigenvalue weighted by Crippen LogP contribution is 2.47. The van der Waals surface area contributed by atoms with E-state index in [1.54, 1.807) is 37.0 Å². The lowest BCUT2D eigenvalue weighted by Gasteiger charge is -2.27. The third-order valence-corrected chi connectivity index (χ3v) is 9.45. The Kier molecular flexibility index (Phi) is 9.12. The van der Waals surface area contributed by atoms with Gasteiger partial charge in [-0.05, 0) is 42.7 Å². The first-order valence-corrected chi connectivity index (χ1v) is 16.4. The molecule has 3 aromatic heterocycles. The minimum atomic E-state index is -1.05. The molecule has 0 aliphatic carbocycles. The Hall–Kier alpha value is -5.11. The summed E-state index contributed by atoms with van der Waals surface area (Å²) in [4.78, 5) is 33.5. The molecule has 1 fully saturated rings. The minimum Gasteiger partial charge on any atom is -0.496 e. The summed E-state index contributed by atoms with van der Waals surface area (Å²) in [5, 5.41) is 5.48. The Morgan fingerprint density at radius 3 is 2.66 bits per heavy atom. The van der Waals surface area contributed by atoms with Crippen molar-refractivity contribution in [3.63, 3.8) is 0 Å². The maximum absolute atomic E-state index is 15.3. The number of nitrogens with zero attached hydrogens (tertiary/aromatic N) is 4. The topological polar surface area (TPSA) is 111 Å². The van der Waals surface area contributed by atoms with E-state index in [0.717, 1.165) is 63.3 Å². The molecule has 0 spiro atoms. The van der Waals surface area contributed by atoms with Gasteiger partial charge in [0.25, 0.3) is 0 Å². The Bertz CT molecular complexity index is 2140. The number of aryl methyl sites for hydroxylation is 1. The number of carbonyl (C=O) groups excluding carboxylic acids is 2. The van der Waals surface area contributed by atoms with E-state index >= 15 is 8.78 Å². The van der Waals surface area contributed by atoms with Crippen LogP contribution in [0.4, 0.5) is 20.2 Å². The second-order valence-corrected chi connectivity index (χ2v) is 12.6. The van der Waals surface area contributed by atoms with Gasteiger partial charge in [-0.25, -0.2) is 13.8 Å². The molecule has 1 amide bonds. The summed E-state index contributed by atoms with van der Waals surface area (Å²) in [7, 11) is 7.20. The fourth-order valence-electron chi connectivity index (χ4n) is 6.92. The maximum atomic E-state index is 15.3. The number of halogens is 2. The van der Waals surface area contributed by atoms with Crippen LogP contribution in [0.3, 0.4) is 0 Å². The lowest BCUT2D eigenvalue weighted by molar-refractivity contribution is -0.112. The number of amides is 1. The normalized spacial score (nSPS) is 15.9. The van der Waals surface area contributed by atoms with Crippen molar-refractivity contribution in [3.8, 4) is 16.9 Å². The molecule has 0 radical (unpaired) electrons. The minimum absolute atomic E-state index is 0.182. The smallest absolute Gasteiger partial charge is 0.248 e. The Balaban J connectivity index is 1.23. The fraction of sp³-hybridized carbons (Fsp3) is 0.324. The van der Waals surface area contributed by atoms with Crippen molar-refractivity contribution in [2.24, 2.45) is 7.05 Å². The summed E-state index contributed by atoms with van der Waals surface area (Å²) >= 11 is 0. The molecule has 13 heteroatoms. The zero-order valence-electron chi connectivity index (χ0n) is 28.3. The van der Waals surface area contributed by atoms with Gasteiger partial charge in [-0.1, -0.05) is 12.1 Å². The molecule has 2 aromatic carbocycles.